The van der Waals surface area contributed by atoms with Crippen molar-refractivity contribution in [2.24, 2.45) is 9.98 Å². The van der Waals surface area contributed by atoms with Crippen molar-refractivity contribution in [1.82, 2.24) is 0 Å². The average Bonchev–Trinajstić information content (AvgIpc) is 3.22. The van der Waals surface area contributed by atoms with Crippen LogP contribution in [0, 0.1) is 6.92 Å². The number of hydrogen-bond acceptors (Lipinski definition) is 2. The van der Waals surface area contributed by atoms with Crippen molar-refractivity contribution in [3.8, 4) is 22.3 Å². The summed E-state index contributed by atoms with van der Waals surface area (Å²) in [5, 5.41) is 0. The SMILES string of the molecule is CCCCCCCCc1cc(N=C(C)C(CC)=Nc2cc(CCCCCCCC)c(-c3ccccc3)c(-c3ccccc3)c2)cc(C)c1CCCCCCCC. The van der Waals surface area contributed by atoms with E-state index in [9.17, 15) is 0 Å². The normalized spacial score (nSPS) is 12.1. The Morgan fingerprint density at radius 3 is 1.48 bits per heavy atom. The molecule has 4 rings (SSSR count). The highest BCUT2D eigenvalue weighted by molar-refractivity contribution is 6.42. The third-order valence-electron chi connectivity index (χ3n) is 11.6. The van der Waals surface area contributed by atoms with Crippen LogP contribution in [-0.2, 0) is 19.3 Å². The molecular weight excluding hydrogens is 677 g/mol. The van der Waals surface area contributed by atoms with Crippen LogP contribution < -0.4 is 0 Å². The fraction of sp³-hybridized carbons (Fsp3) is 0.519. The first-order chi connectivity index (χ1) is 27.5. The third-order valence-corrected chi connectivity index (χ3v) is 11.6. The Balaban J connectivity index is 1.69. The van der Waals surface area contributed by atoms with E-state index in [0.717, 1.165) is 42.1 Å². The standard InChI is InChI=1S/C54H76N2/c1-7-11-14-17-20-25-36-47-40-49(39-43(5)51(47)38-31-22-19-16-13-9-3)55-44(6)53(10-4)56-50-41-48(37-26-21-18-15-12-8-2)54(46-34-29-24-30-35-46)52(42-50)45-32-27-23-28-33-45/h23-24,27-30,32-35,39-42H,7-22,25-26,31,36-38H2,1-6H3. The average molecular weight is 753 g/mol. The number of unbranched alkanes of at least 4 members (excludes halogenated alkanes) is 15. The van der Waals surface area contributed by atoms with E-state index in [1.165, 1.54) is 161 Å². The predicted octanol–water partition coefficient (Wildman–Crippen LogP) is 17.3. The Labute approximate surface area is 343 Å². The number of aryl methyl sites for hydroxylation is 3. The van der Waals surface area contributed by atoms with Gasteiger partial charge in [-0.3, -0.25) is 9.98 Å². The molecule has 0 aliphatic rings. The van der Waals surface area contributed by atoms with Gasteiger partial charge in [-0.2, -0.15) is 0 Å². The molecule has 0 aromatic heterocycles. The molecule has 56 heavy (non-hydrogen) atoms. The van der Waals surface area contributed by atoms with Crippen molar-refractivity contribution in [1.29, 1.82) is 0 Å². The van der Waals surface area contributed by atoms with Gasteiger partial charge in [0, 0.05) is 0 Å². The second-order valence-electron chi connectivity index (χ2n) is 16.3. The number of nitrogens with zero attached hydrogens (tertiary/aromatic N) is 2. The van der Waals surface area contributed by atoms with Crippen LogP contribution in [0.5, 0.6) is 0 Å². The van der Waals surface area contributed by atoms with Gasteiger partial charge in [-0.1, -0.05) is 185 Å². The first kappa shape index (κ1) is 44.9. The Kier molecular flexibility index (Phi) is 21.0. The lowest BCUT2D eigenvalue weighted by atomic mass is 9.87. The number of rotatable bonds is 27. The van der Waals surface area contributed by atoms with Gasteiger partial charge in [-0.05, 0) is 128 Å². The lowest BCUT2D eigenvalue weighted by molar-refractivity contribution is 0.598. The minimum absolute atomic E-state index is 0.836. The summed E-state index contributed by atoms with van der Waals surface area (Å²) in [5.74, 6) is 0. The fourth-order valence-electron chi connectivity index (χ4n) is 8.36. The minimum Gasteiger partial charge on any atom is -0.252 e. The van der Waals surface area contributed by atoms with E-state index < -0.39 is 0 Å². The van der Waals surface area contributed by atoms with Crippen LogP contribution >= 0.6 is 0 Å². The summed E-state index contributed by atoms with van der Waals surface area (Å²) in [6, 6.07) is 31.4. The molecule has 0 saturated heterocycles. The second kappa shape index (κ2) is 26.2. The molecule has 0 spiro atoms. The van der Waals surface area contributed by atoms with Crippen LogP contribution in [0.25, 0.3) is 22.3 Å². The van der Waals surface area contributed by atoms with Gasteiger partial charge in [0.2, 0.25) is 0 Å². The van der Waals surface area contributed by atoms with Crippen LogP contribution in [0.4, 0.5) is 11.4 Å². The number of aliphatic imine (C=N–C) groups is 2. The van der Waals surface area contributed by atoms with Crippen molar-refractivity contribution >= 4 is 22.8 Å². The molecule has 2 heteroatoms. The lowest BCUT2D eigenvalue weighted by Gasteiger charge is -2.18. The molecule has 0 heterocycles. The molecule has 0 amide bonds. The second-order valence-corrected chi connectivity index (χ2v) is 16.3. The van der Waals surface area contributed by atoms with E-state index in [2.05, 4.69) is 126 Å². The highest BCUT2D eigenvalue weighted by Gasteiger charge is 2.16. The zero-order valence-electron chi connectivity index (χ0n) is 36.5. The summed E-state index contributed by atoms with van der Waals surface area (Å²) in [6.07, 6.45) is 28.0. The summed E-state index contributed by atoms with van der Waals surface area (Å²) in [7, 11) is 0. The van der Waals surface area contributed by atoms with Gasteiger partial charge in [0.15, 0.2) is 0 Å². The lowest BCUT2D eigenvalue weighted by Crippen LogP contribution is -2.09. The van der Waals surface area contributed by atoms with E-state index in [-0.39, 0.29) is 0 Å². The molecule has 0 bridgehead atoms. The Hall–Kier alpha value is -3.78. The van der Waals surface area contributed by atoms with Crippen LogP contribution in [0.3, 0.4) is 0 Å². The van der Waals surface area contributed by atoms with Crippen LogP contribution in [0.15, 0.2) is 94.9 Å². The maximum absolute atomic E-state index is 5.43. The van der Waals surface area contributed by atoms with E-state index in [1.54, 1.807) is 5.56 Å². The molecule has 0 unspecified atom stereocenters. The van der Waals surface area contributed by atoms with Crippen LogP contribution in [0.1, 0.15) is 179 Å². The topological polar surface area (TPSA) is 24.7 Å². The first-order valence-electron chi connectivity index (χ1n) is 23.0. The molecular formula is C54H76N2. The quantitative estimate of drug-likeness (QED) is 0.0428. The molecule has 4 aromatic carbocycles. The molecule has 0 aliphatic heterocycles. The summed E-state index contributed by atoms with van der Waals surface area (Å²) in [5.41, 5.74) is 15.3. The summed E-state index contributed by atoms with van der Waals surface area (Å²) in [4.78, 5) is 10.8. The van der Waals surface area contributed by atoms with Gasteiger partial charge >= 0.3 is 0 Å². The molecule has 2 nitrogen and oxygen atoms in total. The van der Waals surface area contributed by atoms with Crippen LogP contribution in [0.2, 0.25) is 0 Å². The third kappa shape index (κ3) is 14.9. The Morgan fingerprint density at radius 2 is 0.929 bits per heavy atom. The Morgan fingerprint density at radius 1 is 0.464 bits per heavy atom. The van der Waals surface area contributed by atoms with E-state index in [0.29, 0.717) is 0 Å². The largest absolute Gasteiger partial charge is 0.252 e. The maximum atomic E-state index is 5.43. The van der Waals surface area contributed by atoms with Gasteiger partial charge in [-0.15, -0.1) is 0 Å². The van der Waals surface area contributed by atoms with Gasteiger partial charge in [0.1, 0.15) is 0 Å². The highest BCUT2D eigenvalue weighted by Crippen LogP contribution is 2.39. The summed E-state index contributed by atoms with van der Waals surface area (Å²) in [6.45, 7) is 13.6. The Bertz CT molecular complexity index is 1750. The smallest absolute Gasteiger partial charge is 0.0643 e. The zero-order valence-corrected chi connectivity index (χ0v) is 36.5. The molecule has 302 valence electrons. The number of hydrogen-bond donors (Lipinski definition) is 0. The number of benzene rings is 4. The summed E-state index contributed by atoms with van der Waals surface area (Å²) < 4.78 is 0. The van der Waals surface area contributed by atoms with Gasteiger partial charge < -0.3 is 0 Å². The molecule has 0 atom stereocenters. The zero-order chi connectivity index (χ0) is 39.8. The fourth-order valence-corrected chi connectivity index (χ4v) is 8.36. The first-order valence-corrected chi connectivity index (χ1v) is 23.0. The van der Waals surface area contributed by atoms with Gasteiger partial charge in [0.25, 0.3) is 0 Å². The molecule has 0 aliphatic carbocycles. The van der Waals surface area contributed by atoms with E-state index in [4.69, 9.17) is 9.98 Å². The van der Waals surface area contributed by atoms with Crippen molar-refractivity contribution in [2.75, 3.05) is 0 Å². The monoisotopic (exact) mass is 753 g/mol. The molecule has 0 radical (unpaired) electrons. The molecule has 4 aromatic rings. The molecule has 0 N–H and O–H groups in total. The summed E-state index contributed by atoms with van der Waals surface area (Å²) >= 11 is 0. The van der Waals surface area contributed by atoms with E-state index in [1.807, 2.05) is 0 Å². The molecule has 0 fully saturated rings. The van der Waals surface area contributed by atoms with Crippen LogP contribution in [-0.4, -0.2) is 11.4 Å². The maximum Gasteiger partial charge on any atom is 0.0643 e. The molecule has 0 saturated carbocycles. The van der Waals surface area contributed by atoms with E-state index >= 15 is 0 Å². The van der Waals surface area contributed by atoms with Crippen molar-refractivity contribution in [3.63, 3.8) is 0 Å². The van der Waals surface area contributed by atoms with Gasteiger partial charge in [0.05, 0.1) is 22.8 Å². The van der Waals surface area contributed by atoms with Crippen molar-refractivity contribution < 1.29 is 0 Å². The van der Waals surface area contributed by atoms with Crippen molar-refractivity contribution in [2.45, 2.75) is 183 Å². The highest BCUT2D eigenvalue weighted by atomic mass is 14.8. The minimum atomic E-state index is 0.836. The predicted molar refractivity (Wildman–Crippen MR) is 250 cm³/mol. The van der Waals surface area contributed by atoms with Gasteiger partial charge in [-0.25, -0.2) is 0 Å². The van der Waals surface area contributed by atoms with Crippen molar-refractivity contribution in [3.05, 3.63) is 107 Å².